The zero-order valence-electron chi connectivity index (χ0n) is 14.2. The minimum atomic E-state index is 0.883. The van der Waals surface area contributed by atoms with Crippen LogP contribution < -0.4 is 0 Å². The largest absolute Gasteiger partial charge is 0.455 e. The summed E-state index contributed by atoms with van der Waals surface area (Å²) in [7, 11) is 0. The second-order valence-corrected chi connectivity index (χ2v) is 6.70. The summed E-state index contributed by atoms with van der Waals surface area (Å²) in [5.41, 5.74) is 7.02. The molecule has 0 aliphatic carbocycles. The number of furan rings is 1. The molecule has 1 aliphatic heterocycles. The van der Waals surface area contributed by atoms with Gasteiger partial charge in [0.15, 0.2) is 0 Å². The van der Waals surface area contributed by atoms with Crippen molar-refractivity contribution in [2.45, 2.75) is 6.92 Å². The van der Waals surface area contributed by atoms with Gasteiger partial charge in [-0.15, -0.1) is 0 Å². The Morgan fingerprint density at radius 2 is 1.81 bits per heavy atom. The van der Waals surface area contributed by atoms with Gasteiger partial charge >= 0.3 is 0 Å². The van der Waals surface area contributed by atoms with Crippen LogP contribution in [0.25, 0.3) is 44.0 Å². The van der Waals surface area contributed by atoms with Crippen molar-refractivity contribution in [3.05, 3.63) is 72.4 Å². The molecule has 3 aromatic carbocycles. The van der Waals surface area contributed by atoms with Gasteiger partial charge in [-0.2, -0.15) is 0 Å². The van der Waals surface area contributed by atoms with Crippen molar-refractivity contribution in [3.8, 4) is 11.3 Å². The molecular weight excluding hydrogens is 320 g/mol. The van der Waals surface area contributed by atoms with Crippen LogP contribution in [0, 0.1) is 0 Å². The topological polar surface area (TPSA) is 38.4 Å². The minimum Gasteiger partial charge on any atom is -0.455 e. The summed E-state index contributed by atoms with van der Waals surface area (Å²) in [5.74, 6) is 0. The quantitative estimate of drug-likeness (QED) is 0.363. The number of pyridine rings is 1. The number of para-hydroxylation sites is 1. The number of hydrogen-bond acceptors (Lipinski definition) is 3. The van der Waals surface area contributed by atoms with E-state index in [1.807, 2.05) is 24.4 Å². The Kier molecular flexibility index (Phi) is 2.54. The van der Waals surface area contributed by atoms with E-state index < -0.39 is 0 Å². The maximum absolute atomic E-state index is 6.37. The fourth-order valence-corrected chi connectivity index (χ4v) is 4.13. The number of nitrogens with zero attached hydrogens (tertiary/aromatic N) is 2. The van der Waals surface area contributed by atoms with Crippen molar-refractivity contribution >= 4 is 44.1 Å². The number of aromatic nitrogens is 1. The van der Waals surface area contributed by atoms with Crippen LogP contribution >= 0.6 is 0 Å². The van der Waals surface area contributed by atoms with Crippen LogP contribution in [-0.2, 0) is 0 Å². The Morgan fingerprint density at radius 1 is 0.885 bits per heavy atom. The normalized spacial score (nSPS) is 13.0. The highest BCUT2D eigenvalue weighted by Crippen LogP contribution is 2.44. The predicted octanol–water partition coefficient (Wildman–Crippen LogP) is 6.26. The molecule has 2 aromatic heterocycles. The van der Waals surface area contributed by atoms with Gasteiger partial charge in [-0.3, -0.25) is 9.98 Å². The lowest BCUT2D eigenvalue weighted by Crippen LogP contribution is -1.91. The molecule has 0 N–H and O–H groups in total. The molecule has 0 unspecified atom stereocenters. The lowest BCUT2D eigenvalue weighted by Gasteiger charge is -2.03. The van der Waals surface area contributed by atoms with E-state index >= 15 is 0 Å². The molecule has 3 heterocycles. The van der Waals surface area contributed by atoms with Gasteiger partial charge in [0, 0.05) is 39.2 Å². The molecule has 0 saturated carbocycles. The molecule has 3 nitrogen and oxygen atoms in total. The molecule has 0 atom stereocenters. The van der Waals surface area contributed by atoms with Crippen LogP contribution in [0.4, 0.5) is 5.69 Å². The fourth-order valence-electron chi connectivity index (χ4n) is 4.13. The Morgan fingerprint density at radius 3 is 2.69 bits per heavy atom. The summed E-state index contributed by atoms with van der Waals surface area (Å²) >= 11 is 0. The zero-order chi connectivity index (χ0) is 17.3. The van der Waals surface area contributed by atoms with Crippen LogP contribution in [0.3, 0.4) is 0 Å². The van der Waals surface area contributed by atoms with Crippen LogP contribution in [0.2, 0.25) is 0 Å². The SMILES string of the molecule is CC1=Nc2cccc3cc4oc5c(-c6ccccn6)cccc5c4c1c23. The van der Waals surface area contributed by atoms with Crippen molar-refractivity contribution in [3.63, 3.8) is 0 Å². The summed E-state index contributed by atoms with van der Waals surface area (Å²) in [6, 6.07) is 20.6. The summed E-state index contributed by atoms with van der Waals surface area (Å²) < 4.78 is 6.37. The van der Waals surface area contributed by atoms with Crippen LogP contribution in [0.1, 0.15) is 12.5 Å². The highest BCUT2D eigenvalue weighted by Gasteiger charge is 2.23. The zero-order valence-corrected chi connectivity index (χ0v) is 14.2. The summed E-state index contributed by atoms with van der Waals surface area (Å²) in [5, 5.41) is 4.66. The predicted molar refractivity (Wildman–Crippen MR) is 106 cm³/mol. The molecule has 0 fully saturated rings. The van der Waals surface area contributed by atoms with E-state index in [-0.39, 0.29) is 0 Å². The Labute approximate surface area is 149 Å². The maximum atomic E-state index is 6.37. The molecule has 6 rings (SSSR count). The lowest BCUT2D eigenvalue weighted by atomic mass is 9.96. The maximum Gasteiger partial charge on any atom is 0.144 e. The summed E-state index contributed by atoms with van der Waals surface area (Å²) in [6.07, 6.45) is 1.81. The number of benzene rings is 3. The second kappa shape index (κ2) is 4.79. The van der Waals surface area contributed by atoms with E-state index in [0.717, 1.165) is 44.6 Å². The summed E-state index contributed by atoms with van der Waals surface area (Å²) in [4.78, 5) is 9.29. The molecule has 0 saturated heterocycles. The Hall–Kier alpha value is -3.46. The van der Waals surface area contributed by atoms with E-state index in [0.29, 0.717) is 0 Å². The van der Waals surface area contributed by atoms with Gasteiger partial charge in [0.1, 0.15) is 11.2 Å². The minimum absolute atomic E-state index is 0.883. The van der Waals surface area contributed by atoms with Crippen molar-refractivity contribution in [2.75, 3.05) is 0 Å². The van der Waals surface area contributed by atoms with Crippen LogP contribution in [-0.4, -0.2) is 10.7 Å². The molecule has 122 valence electrons. The molecular formula is C23H14N2O. The molecule has 3 heteroatoms. The third-order valence-electron chi connectivity index (χ3n) is 5.19. The van der Waals surface area contributed by atoms with Gasteiger partial charge in [0.05, 0.1) is 11.4 Å². The van der Waals surface area contributed by atoms with E-state index in [9.17, 15) is 0 Å². The highest BCUT2D eigenvalue weighted by molar-refractivity contribution is 6.30. The first-order chi connectivity index (χ1) is 12.8. The molecule has 0 bridgehead atoms. The lowest BCUT2D eigenvalue weighted by molar-refractivity contribution is 0.670. The van der Waals surface area contributed by atoms with Crippen molar-refractivity contribution in [2.24, 2.45) is 4.99 Å². The first-order valence-corrected chi connectivity index (χ1v) is 8.69. The Bertz CT molecular complexity index is 1380. The smallest absolute Gasteiger partial charge is 0.144 e. The van der Waals surface area contributed by atoms with Crippen LogP contribution in [0.5, 0.6) is 0 Å². The average molecular weight is 334 g/mol. The van der Waals surface area contributed by atoms with Gasteiger partial charge in [-0.1, -0.05) is 30.3 Å². The van der Waals surface area contributed by atoms with E-state index in [1.54, 1.807) is 0 Å². The van der Waals surface area contributed by atoms with Gasteiger partial charge in [0.25, 0.3) is 0 Å². The first-order valence-electron chi connectivity index (χ1n) is 8.69. The number of aliphatic imine (C=N–C) groups is 1. The van der Waals surface area contributed by atoms with Gasteiger partial charge < -0.3 is 4.42 Å². The molecule has 0 radical (unpaired) electrons. The second-order valence-electron chi connectivity index (χ2n) is 6.70. The number of rotatable bonds is 1. The fraction of sp³-hybridized carbons (Fsp3) is 0.0435. The van der Waals surface area contributed by atoms with Gasteiger partial charge in [0.2, 0.25) is 0 Å². The molecule has 5 aromatic rings. The third-order valence-corrected chi connectivity index (χ3v) is 5.19. The monoisotopic (exact) mass is 334 g/mol. The molecule has 26 heavy (non-hydrogen) atoms. The van der Waals surface area contributed by atoms with Crippen molar-refractivity contribution in [1.82, 2.24) is 4.98 Å². The van der Waals surface area contributed by atoms with E-state index in [4.69, 9.17) is 9.41 Å². The van der Waals surface area contributed by atoms with Crippen molar-refractivity contribution in [1.29, 1.82) is 0 Å². The van der Waals surface area contributed by atoms with Gasteiger partial charge in [-0.05, 0) is 42.6 Å². The van der Waals surface area contributed by atoms with Gasteiger partial charge in [-0.25, -0.2) is 0 Å². The van der Waals surface area contributed by atoms with E-state index in [1.165, 1.54) is 16.3 Å². The third kappa shape index (κ3) is 1.67. The van der Waals surface area contributed by atoms with E-state index in [2.05, 4.69) is 54.4 Å². The molecule has 1 aliphatic rings. The number of fused-ring (bicyclic) bond motifs is 4. The molecule has 0 amide bonds. The van der Waals surface area contributed by atoms with Crippen molar-refractivity contribution < 1.29 is 4.42 Å². The van der Waals surface area contributed by atoms with Crippen LogP contribution in [0.15, 0.2) is 76.3 Å². The summed E-state index contributed by atoms with van der Waals surface area (Å²) in [6.45, 7) is 2.08. The Balaban J connectivity index is 1.82. The number of hydrogen-bond donors (Lipinski definition) is 0. The standard InChI is InChI=1S/C23H14N2O/c1-13-20-21-14(6-4-10-18(21)25-13)12-19-22(20)16-8-5-7-15(23(16)26-19)17-9-2-3-11-24-17/h2-12H,1H3. The molecule has 0 spiro atoms. The average Bonchev–Trinajstić information content (AvgIpc) is 3.21. The first kappa shape index (κ1) is 13.8. The highest BCUT2D eigenvalue weighted by atomic mass is 16.3.